The van der Waals surface area contributed by atoms with Crippen molar-refractivity contribution < 1.29 is 14.3 Å². The Bertz CT molecular complexity index is 1210. The zero-order valence-corrected chi connectivity index (χ0v) is 20.0. The van der Waals surface area contributed by atoms with E-state index >= 15 is 0 Å². The molecule has 178 valence electrons. The van der Waals surface area contributed by atoms with Crippen molar-refractivity contribution in [2.24, 2.45) is 5.41 Å². The highest BCUT2D eigenvalue weighted by molar-refractivity contribution is 5.94. The lowest BCUT2D eigenvalue weighted by molar-refractivity contribution is -0.139. The SMILES string of the molecule is CC1=C(N2C(=O)[C@]3(CC[C@@H](N(C)Cc4ccc5c(c4)Cn4nnnc4-5)CC3)C[C@H]2C)COC1=O. The number of hydrogen-bond acceptors (Lipinski definition) is 7. The summed E-state index contributed by atoms with van der Waals surface area (Å²) < 4.78 is 7.02. The molecule has 0 bridgehead atoms. The lowest BCUT2D eigenvalue weighted by atomic mass is 9.70. The molecule has 34 heavy (non-hydrogen) atoms. The van der Waals surface area contributed by atoms with E-state index in [0.717, 1.165) is 62.3 Å². The second-order valence-electron chi connectivity index (χ2n) is 10.5. The van der Waals surface area contributed by atoms with Gasteiger partial charge in [-0.1, -0.05) is 18.2 Å². The standard InChI is InChI=1S/C25H30N6O3/c1-15-11-25(24(33)31(15)21-14-34-23(32)16(21)2)8-6-19(7-9-25)29(3)12-17-4-5-20-18(10-17)13-30-22(20)26-27-28-30/h4-5,10,15,19H,6-9,11-14H2,1-3H3/t15-,19-,25+/m1/s1. The van der Waals surface area contributed by atoms with Crippen molar-refractivity contribution in [1.29, 1.82) is 0 Å². The molecule has 0 unspecified atom stereocenters. The zero-order valence-electron chi connectivity index (χ0n) is 20.0. The molecular formula is C25H30N6O3. The van der Waals surface area contributed by atoms with Crippen LogP contribution in [-0.4, -0.2) is 67.6 Å². The topological polar surface area (TPSA) is 93.5 Å². The molecule has 1 amide bonds. The Labute approximate surface area is 198 Å². The Kier molecular flexibility index (Phi) is 4.88. The second kappa shape index (κ2) is 7.73. The van der Waals surface area contributed by atoms with E-state index in [4.69, 9.17) is 4.74 Å². The Morgan fingerprint density at radius 2 is 2.03 bits per heavy atom. The van der Waals surface area contributed by atoms with Gasteiger partial charge < -0.3 is 9.64 Å². The van der Waals surface area contributed by atoms with Gasteiger partial charge in [0, 0.05) is 24.2 Å². The van der Waals surface area contributed by atoms with E-state index in [1.807, 2.05) is 9.58 Å². The number of carbonyl (C=O) groups excluding carboxylic acids is 2. The first-order valence-corrected chi connectivity index (χ1v) is 12.2. The number of benzene rings is 1. The smallest absolute Gasteiger partial charge is 0.336 e. The quantitative estimate of drug-likeness (QED) is 0.550. The van der Waals surface area contributed by atoms with Crippen LogP contribution >= 0.6 is 0 Å². The van der Waals surface area contributed by atoms with Crippen LogP contribution in [0.1, 0.15) is 57.1 Å². The van der Waals surface area contributed by atoms with E-state index in [9.17, 15) is 9.59 Å². The third-order valence-electron chi connectivity index (χ3n) is 8.40. The van der Waals surface area contributed by atoms with Crippen LogP contribution in [0.15, 0.2) is 29.5 Å². The van der Waals surface area contributed by atoms with E-state index in [-0.39, 0.29) is 29.9 Å². The lowest BCUT2D eigenvalue weighted by Gasteiger charge is -2.39. The van der Waals surface area contributed by atoms with E-state index in [0.29, 0.717) is 11.6 Å². The molecule has 1 atom stereocenters. The Balaban J connectivity index is 1.11. The molecular weight excluding hydrogens is 432 g/mol. The number of ether oxygens (including phenoxy) is 1. The average Bonchev–Trinajstić information content (AvgIpc) is 3.54. The molecule has 1 aromatic heterocycles. The van der Waals surface area contributed by atoms with Crippen LogP contribution in [0.5, 0.6) is 0 Å². The number of tetrazole rings is 1. The van der Waals surface area contributed by atoms with Crippen LogP contribution in [0, 0.1) is 5.41 Å². The maximum Gasteiger partial charge on any atom is 0.336 e. The van der Waals surface area contributed by atoms with Crippen LogP contribution in [0.3, 0.4) is 0 Å². The van der Waals surface area contributed by atoms with Gasteiger partial charge in [-0.05, 0) is 74.6 Å². The van der Waals surface area contributed by atoms with Gasteiger partial charge >= 0.3 is 5.97 Å². The zero-order chi connectivity index (χ0) is 23.6. The van der Waals surface area contributed by atoms with Crippen molar-refractivity contribution in [3.63, 3.8) is 0 Å². The number of rotatable bonds is 4. The van der Waals surface area contributed by atoms with Gasteiger partial charge in [0.2, 0.25) is 5.91 Å². The minimum absolute atomic E-state index is 0.104. The summed E-state index contributed by atoms with van der Waals surface area (Å²) in [4.78, 5) is 29.7. The third kappa shape index (κ3) is 3.20. The third-order valence-corrected chi connectivity index (χ3v) is 8.40. The monoisotopic (exact) mass is 462 g/mol. The first-order valence-electron chi connectivity index (χ1n) is 12.2. The first-order chi connectivity index (χ1) is 16.4. The van der Waals surface area contributed by atoms with Crippen LogP contribution in [0.25, 0.3) is 11.4 Å². The van der Waals surface area contributed by atoms with Crippen LogP contribution in [-0.2, 0) is 27.4 Å². The van der Waals surface area contributed by atoms with Crippen molar-refractivity contribution in [1.82, 2.24) is 30.0 Å². The molecule has 4 heterocycles. The highest BCUT2D eigenvalue weighted by atomic mass is 16.5. The van der Waals surface area contributed by atoms with Gasteiger partial charge in [-0.3, -0.25) is 9.69 Å². The predicted molar refractivity (Wildman–Crippen MR) is 123 cm³/mol. The Morgan fingerprint density at radius 3 is 2.76 bits per heavy atom. The fourth-order valence-corrected chi connectivity index (χ4v) is 6.50. The molecule has 2 fully saturated rings. The Hall–Kier alpha value is -3.07. The number of amides is 1. The minimum Gasteiger partial charge on any atom is -0.456 e. The van der Waals surface area contributed by atoms with Gasteiger partial charge in [0.1, 0.15) is 6.61 Å². The minimum atomic E-state index is -0.301. The number of hydrogen-bond donors (Lipinski definition) is 0. The maximum absolute atomic E-state index is 13.6. The molecule has 1 saturated heterocycles. The van der Waals surface area contributed by atoms with Crippen molar-refractivity contribution in [2.45, 2.75) is 71.1 Å². The molecule has 0 N–H and O–H groups in total. The molecule has 1 aromatic carbocycles. The molecule has 1 spiro atoms. The van der Waals surface area contributed by atoms with E-state index in [2.05, 4.69) is 52.6 Å². The second-order valence-corrected chi connectivity index (χ2v) is 10.5. The Morgan fingerprint density at radius 1 is 1.24 bits per heavy atom. The van der Waals surface area contributed by atoms with Gasteiger partial charge in [-0.2, -0.15) is 0 Å². The van der Waals surface area contributed by atoms with Crippen molar-refractivity contribution in [2.75, 3.05) is 13.7 Å². The molecule has 3 aliphatic heterocycles. The normalized spacial score (nSPS) is 28.3. The van der Waals surface area contributed by atoms with Crippen molar-refractivity contribution in [3.05, 3.63) is 40.6 Å². The van der Waals surface area contributed by atoms with Crippen LogP contribution in [0.2, 0.25) is 0 Å². The summed E-state index contributed by atoms with van der Waals surface area (Å²) in [5.41, 5.74) is 4.69. The fraction of sp³-hybridized carbons (Fsp3) is 0.560. The number of fused-ring (bicyclic) bond motifs is 3. The van der Waals surface area contributed by atoms with E-state index in [1.54, 1.807) is 6.92 Å². The number of aromatic nitrogens is 4. The number of carbonyl (C=O) groups is 2. The summed E-state index contributed by atoms with van der Waals surface area (Å²) >= 11 is 0. The van der Waals surface area contributed by atoms with Gasteiger partial charge in [-0.15, -0.1) is 5.10 Å². The van der Waals surface area contributed by atoms with Crippen LogP contribution < -0.4 is 0 Å². The summed E-state index contributed by atoms with van der Waals surface area (Å²) in [6, 6.07) is 7.12. The fourth-order valence-electron chi connectivity index (χ4n) is 6.50. The molecule has 0 radical (unpaired) electrons. The summed E-state index contributed by atoms with van der Waals surface area (Å²) in [5, 5.41) is 11.9. The first kappa shape index (κ1) is 21.5. The van der Waals surface area contributed by atoms with Crippen molar-refractivity contribution >= 4 is 11.9 Å². The number of esters is 1. The number of likely N-dealkylation sites (tertiary alicyclic amines) is 1. The highest BCUT2D eigenvalue weighted by Gasteiger charge is 2.53. The van der Waals surface area contributed by atoms with Crippen molar-refractivity contribution in [3.8, 4) is 11.4 Å². The predicted octanol–water partition coefficient (Wildman–Crippen LogP) is 2.51. The summed E-state index contributed by atoms with van der Waals surface area (Å²) in [6.45, 7) is 5.68. The van der Waals surface area contributed by atoms with Gasteiger partial charge in [0.05, 0.1) is 23.2 Å². The maximum atomic E-state index is 13.6. The molecule has 1 saturated carbocycles. The van der Waals surface area contributed by atoms with Gasteiger partial charge in [-0.25, -0.2) is 9.48 Å². The molecule has 9 heteroatoms. The van der Waals surface area contributed by atoms with Gasteiger partial charge in [0.15, 0.2) is 5.82 Å². The highest BCUT2D eigenvalue weighted by Crippen LogP contribution is 2.49. The molecule has 9 nitrogen and oxygen atoms in total. The molecule has 4 aliphatic rings. The average molecular weight is 463 g/mol. The number of nitrogens with zero attached hydrogens (tertiary/aromatic N) is 6. The molecule has 2 aromatic rings. The number of cyclic esters (lactones) is 1. The molecule has 6 rings (SSSR count). The lowest BCUT2D eigenvalue weighted by Crippen LogP contribution is -2.42. The van der Waals surface area contributed by atoms with E-state index in [1.165, 1.54) is 11.1 Å². The van der Waals surface area contributed by atoms with Crippen LogP contribution in [0.4, 0.5) is 0 Å². The van der Waals surface area contributed by atoms with E-state index < -0.39 is 0 Å². The summed E-state index contributed by atoms with van der Waals surface area (Å²) in [5.74, 6) is 0.732. The summed E-state index contributed by atoms with van der Waals surface area (Å²) in [7, 11) is 2.19. The largest absolute Gasteiger partial charge is 0.456 e. The van der Waals surface area contributed by atoms with Gasteiger partial charge in [0.25, 0.3) is 0 Å². The summed E-state index contributed by atoms with van der Waals surface area (Å²) in [6.07, 6.45) is 4.66. The molecule has 1 aliphatic carbocycles.